The van der Waals surface area contributed by atoms with E-state index in [4.69, 9.17) is 0 Å². The van der Waals surface area contributed by atoms with Crippen molar-refractivity contribution in [2.24, 2.45) is 5.92 Å². The van der Waals surface area contributed by atoms with Crippen LogP contribution >= 0.6 is 0 Å². The summed E-state index contributed by atoms with van der Waals surface area (Å²) in [6, 6.07) is -0.226. The van der Waals surface area contributed by atoms with Gasteiger partial charge in [-0.15, -0.1) is 0 Å². The van der Waals surface area contributed by atoms with Crippen molar-refractivity contribution in [3.05, 3.63) is 0 Å². The Bertz CT molecular complexity index is 456. The molecule has 0 radical (unpaired) electrons. The maximum atomic E-state index is 12.3. The van der Waals surface area contributed by atoms with Gasteiger partial charge in [-0.1, -0.05) is 19.3 Å². The molecule has 23 heavy (non-hydrogen) atoms. The summed E-state index contributed by atoms with van der Waals surface area (Å²) in [5.41, 5.74) is 0. The normalized spacial score (nSPS) is 26.8. The maximum absolute atomic E-state index is 12.3. The van der Waals surface area contributed by atoms with E-state index >= 15 is 0 Å². The van der Waals surface area contributed by atoms with Crippen LogP contribution in [0.4, 0.5) is 4.79 Å². The number of amides is 4. The summed E-state index contributed by atoms with van der Waals surface area (Å²) in [6.07, 6.45) is 8.57. The molecule has 4 amide bonds. The van der Waals surface area contributed by atoms with Crippen LogP contribution in [0.5, 0.6) is 0 Å². The third kappa shape index (κ3) is 3.85. The summed E-state index contributed by atoms with van der Waals surface area (Å²) in [7, 11) is 0. The molecular formula is C17H27N3O3. The number of likely N-dealkylation sites (tertiary alicyclic amines) is 1. The largest absolute Gasteiger partial charge is 0.343 e. The topological polar surface area (TPSA) is 69.7 Å². The van der Waals surface area contributed by atoms with Gasteiger partial charge >= 0.3 is 6.03 Å². The van der Waals surface area contributed by atoms with Crippen LogP contribution in [0, 0.1) is 5.92 Å². The number of hydrogen-bond donors (Lipinski definition) is 1. The molecule has 3 aliphatic rings. The molecule has 1 aliphatic carbocycles. The second-order valence-corrected chi connectivity index (χ2v) is 7.04. The minimum atomic E-state index is -0.246. The fourth-order valence-electron chi connectivity index (χ4n) is 4.11. The van der Waals surface area contributed by atoms with Gasteiger partial charge in [-0.05, 0) is 31.6 Å². The van der Waals surface area contributed by atoms with Gasteiger partial charge in [-0.25, -0.2) is 4.79 Å². The SMILES string of the molecule is O=C1CCCN1CCCN1C(=O)CC(C2CCCCC2)NC1=O. The first-order valence-corrected chi connectivity index (χ1v) is 9.04. The molecule has 3 rings (SSSR count). The number of imide groups is 1. The first kappa shape index (κ1) is 16.3. The van der Waals surface area contributed by atoms with E-state index in [0.717, 1.165) is 25.8 Å². The average Bonchev–Trinajstić information content (AvgIpc) is 2.96. The van der Waals surface area contributed by atoms with Crippen molar-refractivity contribution in [2.45, 2.75) is 63.8 Å². The highest BCUT2D eigenvalue weighted by Gasteiger charge is 2.36. The van der Waals surface area contributed by atoms with E-state index in [0.29, 0.717) is 38.3 Å². The summed E-state index contributed by atoms with van der Waals surface area (Å²) in [6.45, 7) is 1.86. The molecule has 6 nitrogen and oxygen atoms in total. The second kappa shape index (κ2) is 7.32. The summed E-state index contributed by atoms with van der Waals surface area (Å²) >= 11 is 0. The highest BCUT2D eigenvalue weighted by atomic mass is 16.2. The molecule has 6 heteroatoms. The van der Waals surface area contributed by atoms with Gasteiger partial charge in [0.05, 0.1) is 0 Å². The van der Waals surface area contributed by atoms with Gasteiger partial charge in [0.15, 0.2) is 0 Å². The van der Waals surface area contributed by atoms with Crippen molar-refractivity contribution in [2.75, 3.05) is 19.6 Å². The maximum Gasteiger partial charge on any atom is 0.324 e. The van der Waals surface area contributed by atoms with Gasteiger partial charge in [-0.3, -0.25) is 14.5 Å². The van der Waals surface area contributed by atoms with Crippen LogP contribution in [0.2, 0.25) is 0 Å². The summed E-state index contributed by atoms with van der Waals surface area (Å²) in [5.74, 6) is 0.592. The van der Waals surface area contributed by atoms with Crippen LogP contribution in [0.25, 0.3) is 0 Å². The Morgan fingerprint density at radius 3 is 2.39 bits per heavy atom. The Kier molecular flexibility index (Phi) is 5.18. The number of nitrogens with one attached hydrogen (secondary N) is 1. The molecule has 1 saturated carbocycles. The molecule has 2 aliphatic heterocycles. The van der Waals surface area contributed by atoms with E-state index in [9.17, 15) is 14.4 Å². The first-order valence-electron chi connectivity index (χ1n) is 9.04. The smallest absolute Gasteiger partial charge is 0.324 e. The first-order chi connectivity index (χ1) is 11.1. The van der Waals surface area contributed by atoms with Gasteiger partial charge in [-0.2, -0.15) is 0 Å². The van der Waals surface area contributed by atoms with Crippen molar-refractivity contribution in [1.82, 2.24) is 15.1 Å². The van der Waals surface area contributed by atoms with Crippen molar-refractivity contribution >= 4 is 17.8 Å². The van der Waals surface area contributed by atoms with Crippen molar-refractivity contribution in [3.8, 4) is 0 Å². The third-order valence-corrected chi connectivity index (χ3v) is 5.45. The number of nitrogens with zero attached hydrogens (tertiary/aromatic N) is 2. The molecule has 128 valence electrons. The molecule has 0 bridgehead atoms. The molecule has 0 aromatic heterocycles. The van der Waals surface area contributed by atoms with Crippen LogP contribution in [0.3, 0.4) is 0 Å². The van der Waals surface area contributed by atoms with Crippen molar-refractivity contribution < 1.29 is 14.4 Å². The zero-order valence-corrected chi connectivity index (χ0v) is 13.8. The Hall–Kier alpha value is -1.59. The van der Waals surface area contributed by atoms with Crippen LogP contribution < -0.4 is 5.32 Å². The van der Waals surface area contributed by atoms with E-state index in [1.165, 1.54) is 24.2 Å². The Balaban J connectivity index is 1.46. The molecule has 1 unspecified atom stereocenters. The standard InChI is InChI=1S/C17H27N3O3/c21-15-8-4-9-19(15)10-5-11-20-16(22)12-14(18-17(20)23)13-6-2-1-3-7-13/h13-14H,1-12H2,(H,18,23). The van der Waals surface area contributed by atoms with Gasteiger partial charge in [0.1, 0.15) is 0 Å². The predicted molar refractivity (Wildman–Crippen MR) is 85.7 cm³/mol. The quantitative estimate of drug-likeness (QED) is 0.840. The van der Waals surface area contributed by atoms with Gasteiger partial charge in [0.2, 0.25) is 11.8 Å². The number of carbonyl (C=O) groups excluding carboxylic acids is 3. The molecule has 0 spiro atoms. The van der Waals surface area contributed by atoms with Gasteiger partial charge < -0.3 is 10.2 Å². The fourth-order valence-corrected chi connectivity index (χ4v) is 4.11. The number of carbonyl (C=O) groups is 3. The lowest BCUT2D eigenvalue weighted by Crippen LogP contribution is -2.57. The number of rotatable bonds is 5. The zero-order valence-electron chi connectivity index (χ0n) is 13.8. The second-order valence-electron chi connectivity index (χ2n) is 7.04. The predicted octanol–water partition coefficient (Wildman–Crippen LogP) is 1.89. The summed E-state index contributed by atoms with van der Waals surface area (Å²) < 4.78 is 0. The average molecular weight is 321 g/mol. The minimum absolute atomic E-state index is 0.0201. The molecule has 1 atom stereocenters. The van der Waals surface area contributed by atoms with Crippen LogP contribution in [0.1, 0.15) is 57.8 Å². The molecule has 0 aromatic carbocycles. The van der Waals surface area contributed by atoms with E-state index < -0.39 is 0 Å². The Labute approximate surface area is 137 Å². The summed E-state index contributed by atoms with van der Waals surface area (Å²) in [4.78, 5) is 39.3. The Morgan fingerprint density at radius 2 is 1.74 bits per heavy atom. The lowest BCUT2D eigenvalue weighted by molar-refractivity contribution is -0.130. The molecular weight excluding hydrogens is 294 g/mol. The van der Waals surface area contributed by atoms with Crippen molar-refractivity contribution in [1.29, 1.82) is 0 Å². The van der Waals surface area contributed by atoms with Gasteiger partial charge in [0, 0.05) is 38.5 Å². The van der Waals surface area contributed by atoms with Crippen molar-refractivity contribution in [3.63, 3.8) is 0 Å². The van der Waals surface area contributed by atoms with E-state index in [1.54, 1.807) is 0 Å². The van der Waals surface area contributed by atoms with Crippen LogP contribution in [-0.4, -0.2) is 53.3 Å². The molecule has 1 N–H and O–H groups in total. The van der Waals surface area contributed by atoms with E-state index in [-0.39, 0.29) is 23.9 Å². The highest BCUT2D eigenvalue weighted by Crippen LogP contribution is 2.29. The molecule has 0 aromatic rings. The van der Waals surface area contributed by atoms with Crippen LogP contribution in [0.15, 0.2) is 0 Å². The zero-order chi connectivity index (χ0) is 16.2. The molecule has 3 fully saturated rings. The monoisotopic (exact) mass is 321 g/mol. The number of urea groups is 1. The van der Waals surface area contributed by atoms with Crippen LogP contribution in [-0.2, 0) is 9.59 Å². The van der Waals surface area contributed by atoms with Gasteiger partial charge in [0.25, 0.3) is 0 Å². The third-order valence-electron chi connectivity index (χ3n) is 5.45. The van der Waals surface area contributed by atoms with E-state index in [1.807, 2.05) is 4.90 Å². The Morgan fingerprint density at radius 1 is 0.957 bits per heavy atom. The lowest BCUT2D eigenvalue weighted by Gasteiger charge is -2.37. The molecule has 2 heterocycles. The minimum Gasteiger partial charge on any atom is -0.343 e. The molecule has 2 saturated heterocycles. The highest BCUT2D eigenvalue weighted by molar-refractivity contribution is 5.97. The fraction of sp³-hybridized carbons (Fsp3) is 0.824. The number of hydrogen-bond acceptors (Lipinski definition) is 3. The lowest BCUT2D eigenvalue weighted by atomic mass is 9.82. The summed E-state index contributed by atoms with van der Waals surface area (Å²) in [5, 5.41) is 3.04. The van der Waals surface area contributed by atoms with E-state index in [2.05, 4.69) is 5.32 Å².